The van der Waals surface area contributed by atoms with Crippen molar-refractivity contribution in [3.63, 3.8) is 0 Å². The van der Waals surface area contributed by atoms with Crippen LogP contribution in [-0.4, -0.2) is 30.1 Å². The van der Waals surface area contributed by atoms with Gasteiger partial charge in [-0.15, -0.1) is 0 Å². The lowest BCUT2D eigenvalue weighted by Crippen LogP contribution is -2.40. The number of hydrogen-bond donors (Lipinski definition) is 3. The Labute approximate surface area is 114 Å². The number of rotatable bonds is 6. The molecule has 1 fully saturated rings. The Morgan fingerprint density at radius 3 is 2.26 bits per heavy atom. The maximum absolute atomic E-state index is 11.9. The van der Waals surface area contributed by atoms with Gasteiger partial charge in [0.05, 0.1) is 11.8 Å². The Morgan fingerprint density at radius 1 is 1.26 bits per heavy atom. The first-order valence-corrected chi connectivity index (χ1v) is 7.16. The predicted molar refractivity (Wildman–Crippen MR) is 73.5 cm³/mol. The van der Waals surface area contributed by atoms with E-state index in [2.05, 4.69) is 5.32 Å². The Balaban J connectivity index is 2.30. The summed E-state index contributed by atoms with van der Waals surface area (Å²) in [7, 11) is 0. The van der Waals surface area contributed by atoms with Gasteiger partial charge in [0.1, 0.15) is 0 Å². The molecule has 0 heterocycles. The average molecular weight is 270 g/mol. The molecule has 1 atom stereocenters. The monoisotopic (exact) mass is 270 g/mol. The maximum Gasteiger partial charge on any atom is 0.306 e. The van der Waals surface area contributed by atoms with Gasteiger partial charge < -0.3 is 16.2 Å². The van der Waals surface area contributed by atoms with Crippen LogP contribution in [0.25, 0.3) is 0 Å². The molecule has 0 saturated heterocycles. The molecule has 0 aromatic carbocycles. The molecule has 1 rings (SSSR count). The molecule has 5 heteroatoms. The number of aliphatic carboxylic acids is 1. The molecule has 0 bridgehead atoms. The summed E-state index contributed by atoms with van der Waals surface area (Å²) in [6.07, 6.45) is 3.21. The third-order valence-electron chi connectivity index (χ3n) is 4.16. The number of carboxylic acid groups (broad SMARTS) is 1. The third kappa shape index (κ3) is 4.82. The fourth-order valence-electron chi connectivity index (χ4n) is 2.67. The highest BCUT2D eigenvalue weighted by Gasteiger charge is 2.27. The van der Waals surface area contributed by atoms with Crippen molar-refractivity contribution < 1.29 is 14.7 Å². The van der Waals surface area contributed by atoms with Crippen molar-refractivity contribution >= 4 is 11.9 Å². The molecule has 1 unspecified atom stereocenters. The third-order valence-corrected chi connectivity index (χ3v) is 4.16. The number of hydrogen-bond acceptors (Lipinski definition) is 3. The van der Waals surface area contributed by atoms with Crippen LogP contribution in [0.3, 0.4) is 0 Å². The second-order valence-corrected chi connectivity index (χ2v) is 5.89. The molecule has 0 spiro atoms. The van der Waals surface area contributed by atoms with Crippen molar-refractivity contribution in [2.75, 3.05) is 13.1 Å². The summed E-state index contributed by atoms with van der Waals surface area (Å²) in [5.41, 5.74) is 5.61. The van der Waals surface area contributed by atoms with Crippen molar-refractivity contribution in [1.29, 1.82) is 0 Å². The summed E-state index contributed by atoms with van der Waals surface area (Å²) < 4.78 is 0. The number of nitrogens with two attached hydrogens (primary N) is 1. The van der Waals surface area contributed by atoms with Gasteiger partial charge in [-0.25, -0.2) is 0 Å². The van der Waals surface area contributed by atoms with Gasteiger partial charge in [-0.1, -0.05) is 13.8 Å². The average Bonchev–Trinajstić information content (AvgIpc) is 2.37. The zero-order chi connectivity index (χ0) is 14.4. The number of carboxylic acids is 1. The van der Waals surface area contributed by atoms with E-state index in [-0.39, 0.29) is 23.7 Å². The first-order chi connectivity index (χ1) is 8.95. The summed E-state index contributed by atoms with van der Waals surface area (Å²) in [5.74, 6) is -0.337. The molecule has 5 nitrogen and oxygen atoms in total. The normalized spacial score (nSPS) is 25.1. The standard InChI is InChI=1S/C14H26N2O3/c1-9(2)12(7-15)13(17)16-8-10-3-5-11(6-4-10)14(18)19/h9-12H,3-8,15H2,1-2H3,(H,16,17)(H,18,19). The second-order valence-electron chi connectivity index (χ2n) is 5.89. The first-order valence-electron chi connectivity index (χ1n) is 7.16. The summed E-state index contributed by atoms with van der Waals surface area (Å²) in [4.78, 5) is 22.8. The van der Waals surface area contributed by atoms with E-state index in [1.54, 1.807) is 0 Å². The Kier molecular flexibility index (Phi) is 6.28. The van der Waals surface area contributed by atoms with Crippen LogP contribution in [0.5, 0.6) is 0 Å². The van der Waals surface area contributed by atoms with Crippen LogP contribution >= 0.6 is 0 Å². The second kappa shape index (κ2) is 7.48. The topological polar surface area (TPSA) is 92.4 Å². The van der Waals surface area contributed by atoms with Crippen LogP contribution in [-0.2, 0) is 9.59 Å². The fourth-order valence-corrected chi connectivity index (χ4v) is 2.67. The maximum atomic E-state index is 11.9. The minimum absolute atomic E-state index is 0.0258. The number of carbonyl (C=O) groups is 2. The molecule has 0 aromatic heterocycles. The molecule has 1 aliphatic rings. The van der Waals surface area contributed by atoms with Crippen molar-refractivity contribution in [1.82, 2.24) is 5.32 Å². The highest BCUT2D eigenvalue weighted by molar-refractivity contribution is 5.79. The molecule has 1 saturated carbocycles. The van der Waals surface area contributed by atoms with E-state index in [4.69, 9.17) is 10.8 Å². The fraction of sp³-hybridized carbons (Fsp3) is 0.857. The van der Waals surface area contributed by atoms with E-state index < -0.39 is 5.97 Å². The van der Waals surface area contributed by atoms with Crippen molar-refractivity contribution in [2.24, 2.45) is 29.4 Å². The number of amides is 1. The molecule has 1 amide bonds. The highest BCUT2D eigenvalue weighted by Crippen LogP contribution is 2.28. The van der Waals surface area contributed by atoms with Crippen LogP contribution < -0.4 is 11.1 Å². The SMILES string of the molecule is CC(C)C(CN)C(=O)NCC1CCC(C(=O)O)CC1. The summed E-state index contributed by atoms with van der Waals surface area (Å²) >= 11 is 0. The lowest BCUT2D eigenvalue weighted by Gasteiger charge is -2.27. The van der Waals surface area contributed by atoms with E-state index in [1.807, 2.05) is 13.8 Å². The van der Waals surface area contributed by atoms with Gasteiger partial charge in [0, 0.05) is 13.1 Å². The van der Waals surface area contributed by atoms with Gasteiger partial charge in [0.15, 0.2) is 0 Å². The minimum Gasteiger partial charge on any atom is -0.481 e. The van der Waals surface area contributed by atoms with Gasteiger partial charge in [0.25, 0.3) is 0 Å². The van der Waals surface area contributed by atoms with Gasteiger partial charge >= 0.3 is 5.97 Å². The molecule has 0 aromatic rings. The van der Waals surface area contributed by atoms with E-state index in [0.29, 0.717) is 19.0 Å². The Morgan fingerprint density at radius 2 is 1.84 bits per heavy atom. The first kappa shape index (κ1) is 16.0. The summed E-state index contributed by atoms with van der Waals surface area (Å²) in [6.45, 7) is 5.01. The number of nitrogens with one attached hydrogen (secondary N) is 1. The van der Waals surface area contributed by atoms with Crippen molar-refractivity contribution in [3.05, 3.63) is 0 Å². The molecular weight excluding hydrogens is 244 g/mol. The molecular formula is C14H26N2O3. The van der Waals surface area contributed by atoms with Crippen LogP contribution in [0, 0.1) is 23.7 Å². The zero-order valence-corrected chi connectivity index (χ0v) is 11.9. The Hall–Kier alpha value is -1.10. The van der Waals surface area contributed by atoms with Gasteiger partial charge in [-0.05, 0) is 37.5 Å². The molecule has 110 valence electrons. The van der Waals surface area contributed by atoms with E-state index in [1.165, 1.54) is 0 Å². The van der Waals surface area contributed by atoms with Crippen LogP contribution in [0.15, 0.2) is 0 Å². The Bertz CT molecular complexity index is 310. The van der Waals surface area contributed by atoms with Gasteiger partial charge in [-0.3, -0.25) is 9.59 Å². The van der Waals surface area contributed by atoms with Crippen molar-refractivity contribution in [2.45, 2.75) is 39.5 Å². The van der Waals surface area contributed by atoms with Crippen LogP contribution in [0.4, 0.5) is 0 Å². The van der Waals surface area contributed by atoms with Crippen molar-refractivity contribution in [3.8, 4) is 0 Å². The smallest absolute Gasteiger partial charge is 0.306 e. The molecule has 19 heavy (non-hydrogen) atoms. The van der Waals surface area contributed by atoms with Gasteiger partial charge in [-0.2, -0.15) is 0 Å². The lowest BCUT2D eigenvalue weighted by molar-refractivity contribution is -0.143. The predicted octanol–water partition coefficient (Wildman–Crippen LogP) is 1.22. The molecule has 0 aliphatic heterocycles. The molecule has 0 radical (unpaired) electrons. The van der Waals surface area contributed by atoms with Crippen LogP contribution in [0.1, 0.15) is 39.5 Å². The molecule has 1 aliphatic carbocycles. The van der Waals surface area contributed by atoms with E-state index in [9.17, 15) is 9.59 Å². The summed E-state index contributed by atoms with van der Waals surface area (Å²) in [5, 5.41) is 11.9. The quantitative estimate of drug-likeness (QED) is 0.676. The highest BCUT2D eigenvalue weighted by atomic mass is 16.4. The lowest BCUT2D eigenvalue weighted by atomic mass is 9.82. The number of carbonyl (C=O) groups excluding carboxylic acids is 1. The molecule has 4 N–H and O–H groups in total. The summed E-state index contributed by atoms with van der Waals surface area (Å²) in [6, 6.07) is 0. The van der Waals surface area contributed by atoms with Crippen LogP contribution in [0.2, 0.25) is 0 Å². The largest absolute Gasteiger partial charge is 0.481 e. The van der Waals surface area contributed by atoms with Gasteiger partial charge in [0.2, 0.25) is 5.91 Å². The minimum atomic E-state index is -0.689. The van der Waals surface area contributed by atoms with E-state index in [0.717, 1.165) is 25.7 Å². The van der Waals surface area contributed by atoms with E-state index >= 15 is 0 Å². The zero-order valence-electron chi connectivity index (χ0n) is 11.9.